The van der Waals surface area contributed by atoms with Gasteiger partial charge in [0.05, 0.1) is 18.1 Å². The number of carbonyl (C=O) groups is 1. The summed E-state index contributed by atoms with van der Waals surface area (Å²) < 4.78 is 10.3. The van der Waals surface area contributed by atoms with E-state index in [1.807, 2.05) is 0 Å². The summed E-state index contributed by atoms with van der Waals surface area (Å²) in [4.78, 5) is 30.7. The fourth-order valence-corrected chi connectivity index (χ4v) is 3.17. The Hall–Kier alpha value is -2.02. The van der Waals surface area contributed by atoms with E-state index in [2.05, 4.69) is 9.97 Å². The molecule has 0 fully saturated rings. The maximum absolute atomic E-state index is 11.9. The van der Waals surface area contributed by atoms with Gasteiger partial charge in [0.2, 0.25) is 5.76 Å². The summed E-state index contributed by atoms with van der Waals surface area (Å²) in [7, 11) is 0. The molecule has 1 aliphatic rings. The van der Waals surface area contributed by atoms with Gasteiger partial charge in [0.1, 0.15) is 5.76 Å². The molecule has 0 aromatic carbocycles. The summed E-state index contributed by atoms with van der Waals surface area (Å²) in [6.45, 7) is 2.05. The van der Waals surface area contributed by atoms with E-state index in [1.165, 1.54) is 11.8 Å². The first kappa shape index (κ1) is 14.9. The van der Waals surface area contributed by atoms with Crippen molar-refractivity contribution in [1.29, 1.82) is 0 Å². The number of aryl methyl sites for hydroxylation is 1. The standard InChI is InChI=1S/C15H16N2O4S/c1-2-20-14(19)12-7-6-9(21-12)8-22-15-16-11-5-3-4-10(11)13(18)17-15/h6-7H,2-5,8H2,1H3,(H,16,17,18). The largest absolute Gasteiger partial charge is 0.460 e. The van der Waals surface area contributed by atoms with E-state index in [-0.39, 0.29) is 11.3 Å². The Balaban J connectivity index is 1.67. The minimum atomic E-state index is -0.470. The number of aromatic amines is 1. The maximum Gasteiger partial charge on any atom is 0.374 e. The van der Waals surface area contributed by atoms with Crippen molar-refractivity contribution in [2.24, 2.45) is 0 Å². The number of nitrogens with one attached hydrogen (secondary N) is 1. The minimum absolute atomic E-state index is 0.0448. The number of hydrogen-bond acceptors (Lipinski definition) is 6. The third-order valence-electron chi connectivity index (χ3n) is 3.41. The predicted octanol–water partition coefficient (Wildman–Crippen LogP) is 2.32. The van der Waals surface area contributed by atoms with Crippen LogP contribution in [0.15, 0.2) is 26.5 Å². The van der Waals surface area contributed by atoms with Crippen molar-refractivity contribution in [1.82, 2.24) is 9.97 Å². The number of ether oxygens (including phenoxy) is 1. The highest BCUT2D eigenvalue weighted by Crippen LogP contribution is 2.23. The van der Waals surface area contributed by atoms with Gasteiger partial charge in [-0.15, -0.1) is 0 Å². The number of esters is 1. The number of rotatable bonds is 5. The van der Waals surface area contributed by atoms with Gasteiger partial charge in [0.15, 0.2) is 5.16 Å². The number of aromatic nitrogens is 2. The van der Waals surface area contributed by atoms with Crippen molar-refractivity contribution < 1.29 is 13.9 Å². The number of furan rings is 1. The molecule has 0 spiro atoms. The van der Waals surface area contributed by atoms with E-state index in [0.717, 1.165) is 30.5 Å². The summed E-state index contributed by atoms with van der Waals surface area (Å²) in [6, 6.07) is 3.32. The van der Waals surface area contributed by atoms with Crippen LogP contribution in [0.2, 0.25) is 0 Å². The SMILES string of the molecule is CCOC(=O)c1ccc(CSc2nc3c(c(=O)[nH]2)CCC3)o1. The topological polar surface area (TPSA) is 85.2 Å². The molecule has 0 amide bonds. The van der Waals surface area contributed by atoms with Gasteiger partial charge in [-0.05, 0) is 38.3 Å². The molecule has 2 heterocycles. The Morgan fingerprint density at radius 3 is 3.14 bits per heavy atom. The highest BCUT2D eigenvalue weighted by molar-refractivity contribution is 7.98. The lowest BCUT2D eigenvalue weighted by Gasteiger charge is -2.02. The number of fused-ring (bicyclic) bond motifs is 1. The number of nitrogens with zero attached hydrogens (tertiary/aromatic N) is 1. The Labute approximate surface area is 131 Å². The Kier molecular flexibility index (Phi) is 4.33. The molecular formula is C15H16N2O4S. The lowest BCUT2D eigenvalue weighted by atomic mass is 10.3. The van der Waals surface area contributed by atoms with E-state index >= 15 is 0 Å². The van der Waals surface area contributed by atoms with Crippen LogP contribution in [0.25, 0.3) is 0 Å². The molecule has 2 aromatic rings. The molecule has 3 rings (SSSR count). The molecule has 0 aliphatic heterocycles. The number of carbonyl (C=O) groups excluding carboxylic acids is 1. The molecular weight excluding hydrogens is 304 g/mol. The van der Waals surface area contributed by atoms with Gasteiger partial charge in [-0.25, -0.2) is 9.78 Å². The highest BCUT2D eigenvalue weighted by atomic mass is 32.2. The van der Waals surface area contributed by atoms with E-state index in [0.29, 0.717) is 23.3 Å². The van der Waals surface area contributed by atoms with Gasteiger partial charge >= 0.3 is 5.97 Å². The molecule has 0 atom stereocenters. The number of H-pyrrole nitrogens is 1. The second kappa shape index (κ2) is 6.39. The van der Waals surface area contributed by atoms with Gasteiger partial charge in [-0.1, -0.05) is 11.8 Å². The predicted molar refractivity (Wildman–Crippen MR) is 81.1 cm³/mol. The average Bonchev–Trinajstić information content (AvgIpc) is 3.14. The molecule has 7 heteroatoms. The Bertz CT molecular complexity index is 750. The number of thioether (sulfide) groups is 1. The zero-order chi connectivity index (χ0) is 15.5. The quantitative estimate of drug-likeness (QED) is 0.517. The molecule has 1 N–H and O–H groups in total. The molecule has 116 valence electrons. The van der Waals surface area contributed by atoms with Crippen LogP contribution < -0.4 is 5.56 Å². The summed E-state index contributed by atoms with van der Waals surface area (Å²) >= 11 is 1.38. The van der Waals surface area contributed by atoms with Crippen molar-refractivity contribution in [3.8, 4) is 0 Å². The maximum atomic E-state index is 11.9. The van der Waals surface area contributed by atoms with Crippen LogP contribution in [0.1, 0.15) is 40.9 Å². The lowest BCUT2D eigenvalue weighted by molar-refractivity contribution is 0.0488. The van der Waals surface area contributed by atoms with Gasteiger partial charge in [-0.3, -0.25) is 4.79 Å². The van der Waals surface area contributed by atoms with Crippen LogP contribution >= 0.6 is 11.8 Å². The third kappa shape index (κ3) is 3.09. The molecule has 0 unspecified atom stereocenters. The zero-order valence-corrected chi connectivity index (χ0v) is 13.0. The number of hydrogen-bond donors (Lipinski definition) is 1. The van der Waals surface area contributed by atoms with Crippen molar-refractivity contribution in [2.45, 2.75) is 37.1 Å². The van der Waals surface area contributed by atoms with Crippen molar-refractivity contribution >= 4 is 17.7 Å². The normalized spacial score (nSPS) is 13.1. The summed E-state index contributed by atoms with van der Waals surface area (Å²) in [5, 5.41) is 0.583. The molecule has 0 saturated carbocycles. The smallest absolute Gasteiger partial charge is 0.374 e. The van der Waals surface area contributed by atoms with Crippen molar-refractivity contribution in [2.75, 3.05) is 6.61 Å². The van der Waals surface area contributed by atoms with Crippen molar-refractivity contribution in [3.63, 3.8) is 0 Å². The van der Waals surface area contributed by atoms with E-state index in [1.54, 1.807) is 19.1 Å². The molecule has 0 radical (unpaired) electrons. The zero-order valence-electron chi connectivity index (χ0n) is 12.2. The molecule has 1 aliphatic carbocycles. The first-order chi connectivity index (χ1) is 10.7. The minimum Gasteiger partial charge on any atom is -0.460 e. The summed E-state index contributed by atoms with van der Waals surface area (Å²) in [6.07, 6.45) is 2.66. The van der Waals surface area contributed by atoms with E-state index < -0.39 is 5.97 Å². The third-order valence-corrected chi connectivity index (χ3v) is 4.30. The van der Waals surface area contributed by atoms with Crippen molar-refractivity contribution in [3.05, 3.63) is 45.3 Å². The van der Waals surface area contributed by atoms with E-state index in [4.69, 9.17) is 9.15 Å². The monoisotopic (exact) mass is 320 g/mol. The fraction of sp³-hybridized carbons (Fsp3) is 0.400. The highest BCUT2D eigenvalue weighted by Gasteiger charge is 2.18. The Morgan fingerprint density at radius 2 is 2.32 bits per heavy atom. The van der Waals surface area contributed by atoms with Gasteiger partial charge in [-0.2, -0.15) is 0 Å². The molecule has 22 heavy (non-hydrogen) atoms. The van der Waals surface area contributed by atoms with Gasteiger partial charge in [0.25, 0.3) is 5.56 Å². The molecule has 2 aromatic heterocycles. The Morgan fingerprint density at radius 1 is 1.45 bits per heavy atom. The van der Waals surface area contributed by atoms with Crippen LogP contribution in [0.4, 0.5) is 0 Å². The molecule has 0 saturated heterocycles. The second-order valence-corrected chi connectivity index (χ2v) is 5.89. The van der Waals surface area contributed by atoms with Gasteiger partial charge < -0.3 is 14.1 Å². The first-order valence-electron chi connectivity index (χ1n) is 7.18. The summed E-state index contributed by atoms with van der Waals surface area (Å²) in [5.74, 6) is 0.841. The van der Waals surface area contributed by atoms with Gasteiger partial charge in [0, 0.05) is 5.56 Å². The lowest BCUT2D eigenvalue weighted by Crippen LogP contribution is -2.14. The van der Waals surface area contributed by atoms with Crippen LogP contribution in [-0.2, 0) is 23.3 Å². The fourth-order valence-electron chi connectivity index (χ4n) is 2.39. The summed E-state index contributed by atoms with van der Waals surface area (Å²) in [5.41, 5.74) is 1.67. The molecule has 0 bridgehead atoms. The van der Waals surface area contributed by atoms with Crippen LogP contribution in [0.3, 0.4) is 0 Å². The second-order valence-electron chi connectivity index (χ2n) is 4.92. The first-order valence-corrected chi connectivity index (χ1v) is 8.16. The van der Waals surface area contributed by atoms with Crippen LogP contribution in [0, 0.1) is 0 Å². The van der Waals surface area contributed by atoms with Crippen LogP contribution in [-0.4, -0.2) is 22.5 Å². The average molecular weight is 320 g/mol. The molecule has 6 nitrogen and oxygen atoms in total. The van der Waals surface area contributed by atoms with E-state index in [9.17, 15) is 9.59 Å². The van der Waals surface area contributed by atoms with Crippen LogP contribution in [0.5, 0.6) is 0 Å².